The second kappa shape index (κ2) is 6.35. The molecule has 1 N–H and O–H groups in total. The molecule has 1 rings (SSSR count). The zero-order valence-corrected chi connectivity index (χ0v) is 11.4. The van der Waals surface area contributed by atoms with E-state index in [4.69, 9.17) is 0 Å². The first-order chi connectivity index (χ1) is 7.95. The van der Waals surface area contributed by atoms with Crippen LogP contribution in [0.3, 0.4) is 0 Å². The molecule has 0 bridgehead atoms. The van der Waals surface area contributed by atoms with E-state index in [1.165, 1.54) is 10.6 Å². The van der Waals surface area contributed by atoms with Crippen LogP contribution in [-0.4, -0.2) is 44.5 Å². The molecule has 1 amide bonds. The number of carbonyl (C=O) groups excluding carboxylic acids is 1. The van der Waals surface area contributed by atoms with E-state index >= 15 is 0 Å². The van der Waals surface area contributed by atoms with Crippen LogP contribution in [0.1, 0.15) is 32.6 Å². The van der Waals surface area contributed by atoms with Crippen molar-refractivity contribution in [3.8, 4) is 0 Å². The molecule has 0 aliphatic carbocycles. The van der Waals surface area contributed by atoms with Gasteiger partial charge in [-0.05, 0) is 19.3 Å². The Kier molecular flexibility index (Phi) is 5.39. The second-order valence-corrected chi connectivity index (χ2v) is 6.59. The molecule has 1 heterocycles. The molecule has 1 fully saturated rings. The predicted octanol–water partition coefficient (Wildman–Crippen LogP) is 0.574. The summed E-state index contributed by atoms with van der Waals surface area (Å²) in [5.74, 6) is -0.192. The van der Waals surface area contributed by atoms with Crippen LogP contribution in [0.25, 0.3) is 0 Å². The van der Waals surface area contributed by atoms with Crippen molar-refractivity contribution in [1.82, 2.24) is 9.62 Å². The smallest absolute Gasteiger partial charge is 0.224 e. The fourth-order valence-electron chi connectivity index (χ4n) is 1.99. The highest BCUT2D eigenvalue weighted by molar-refractivity contribution is 7.88. The quantitative estimate of drug-likeness (QED) is 0.737. The zero-order chi connectivity index (χ0) is 12.9. The van der Waals surface area contributed by atoms with Crippen LogP contribution in [0, 0.1) is 5.92 Å². The van der Waals surface area contributed by atoms with Crippen LogP contribution >= 0.6 is 0 Å². The van der Waals surface area contributed by atoms with Gasteiger partial charge in [0.2, 0.25) is 15.9 Å². The van der Waals surface area contributed by atoms with Gasteiger partial charge in [-0.15, -0.1) is 0 Å². The maximum Gasteiger partial charge on any atom is 0.224 e. The number of unbranched alkanes of at least 4 members (excludes halogenated alkanes) is 1. The topological polar surface area (TPSA) is 66.5 Å². The number of nitrogens with one attached hydrogen (secondary N) is 1. The maximum atomic E-state index is 11.8. The van der Waals surface area contributed by atoms with Gasteiger partial charge in [-0.25, -0.2) is 12.7 Å². The molecule has 0 aromatic carbocycles. The largest absolute Gasteiger partial charge is 0.356 e. The average Bonchev–Trinajstić information content (AvgIpc) is 2.28. The third-order valence-corrected chi connectivity index (χ3v) is 4.32. The number of nitrogens with zero attached hydrogens (tertiary/aromatic N) is 1. The first-order valence-electron chi connectivity index (χ1n) is 6.18. The lowest BCUT2D eigenvalue weighted by Gasteiger charge is -2.30. The van der Waals surface area contributed by atoms with E-state index in [0.717, 1.165) is 25.7 Å². The van der Waals surface area contributed by atoms with Crippen LogP contribution in [0.4, 0.5) is 0 Å². The molecular formula is C11H22N2O3S. The van der Waals surface area contributed by atoms with E-state index in [0.29, 0.717) is 19.6 Å². The first kappa shape index (κ1) is 14.4. The molecule has 0 radical (unpaired) electrons. The highest BCUT2D eigenvalue weighted by Gasteiger charge is 2.29. The van der Waals surface area contributed by atoms with E-state index in [9.17, 15) is 13.2 Å². The Morgan fingerprint density at radius 1 is 1.47 bits per heavy atom. The molecule has 17 heavy (non-hydrogen) atoms. The number of amides is 1. The molecule has 0 saturated carbocycles. The second-order valence-electron chi connectivity index (χ2n) is 4.60. The minimum absolute atomic E-state index is 0.00759. The molecule has 0 unspecified atom stereocenters. The SMILES string of the molecule is CCCCNC(=O)[C@H]1CCCN(S(C)(=O)=O)C1. The molecule has 5 nitrogen and oxygen atoms in total. The van der Waals surface area contributed by atoms with Gasteiger partial charge in [0, 0.05) is 19.6 Å². The van der Waals surface area contributed by atoms with Gasteiger partial charge in [0.25, 0.3) is 0 Å². The van der Waals surface area contributed by atoms with Gasteiger partial charge in [-0.1, -0.05) is 13.3 Å². The number of sulfonamides is 1. The molecule has 0 aromatic rings. The Morgan fingerprint density at radius 2 is 2.18 bits per heavy atom. The van der Waals surface area contributed by atoms with Gasteiger partial charge in [0.05, 0.1) is 12.2 Å². The molecule has 1 atom stereocenters. The fraction of sp³-hybridized carbons (Fsp3) is 0.909. The van der Waals surface area contributed by atoms with Gasteiger partial charge < -0.3 is 5.32 Å². The Labute approximate surface area is 104 Å². The van der Waals surface area contributed by atoms with Gasteiger partial charge in [-0.2, -0.15) is 0 Å². The van der Waals surface area contributed by atoms with Crippen molar-refractivity contribution in [3.63, 3.8) is 0 Å². The van der Waals surface area contributed by atoms with Gasteiger partial charge >= 0.3 is 0 Å². The molecular weight excluding hydrogens is 240 g/mol. The highest BCUT2D eigenvalue weighted by Crippen LogP contribution is 2.18. The number of rotatable bonds is 5. The molecule has 1 aliphatic rings. The van der Waals surface area contributed by atoms with Gasteiger partial charge in [-0.3, -0.25) is 4.79 Å². The minimum atomic E-state index is -3.16. The van der Waals surface area contributed by atoms with Crippen LogP contribution in [0.5, 0.6) is 0 Å². The van der Waals surface area contributed by atoms with Gasteiger partial charge in [0.1, 0.15) is 0 Å². The van der Waals surface area contributed by atoms with Crippen LogP contribution in [-0.2, 0) is 14.8 Å². The summed E-state index contributed by atoms with van der Waals surface area (Å²) < 4.78 is 24.2. The Hall–Kier alpha value is -0.620. The number of hydrogen-bond acceptors (Lipinski definition) is 3. The van der Waals surface area contributed by atoms with Crippen molar-refractivity contribution in [2.24, 2.45) is 5.92 Å². The van der Waals surface area contributed by atoms with Crippen molar-refractivity contribution in [2.75, 3.05) is 25.9 Å². The Morgan fingerprint density at radius 3 is 2.76 bits per heavy atom. The number of piperidine rings is 1. The Bertz CT molecular complexity index is 354. The number of hydrogen-bond donors (Lipinski definition) is 1. The van der Waals surface area contributed by atoms with E-state index in [1.807, 2.05) is 0 Å². The maximum absolute atomic E-state index is 11.8. The number of carbonyl (C=O) groups is 1. The van der Waals surface area contributed by atoms with Crippen molar-refractivity contribution < 1.29 is 13.2 Å². The van der Waals surface area contributed by atoms with Crippen LogP contribution < -0.4 is 5.32 Å². The van der Waals surface area contributed by atoms with E-state index < -0.39 is 10.0 Å². The third-order valence-electron chi connectivity index (χ3n) is 3.05. The molecule has 0 aromatic heterocycles. The fourth-order valence-corrected chi connectivity index (χ4v) is 2.90. The summed E-state index contributed by atoms with van der Waals surface area (Å²) in [6.45, 7) is 3.62. The van der Waals surface area contributed by atoms with Crippen LogP contribution in [0.15, 0.2) is 0 Å². The van der Waals surface area contributed by atoms with Crippen LogP contribution in [0.2, 0.25) is 0 Å². The molecule has 1 aliphatic heterocycles. The van der Waals surface area contributed by atoms with Gasteiger partial charge in [0.15, 0.2) is 0 Å². The molecule has 1 saturated heterocycles. The van der Waals surface area contributed by atoms with Crippen molar-refractivity contribution >= 4 is 15.9 Å². The summed E-state index contributed by atoms with van der Waals surface area (Å²) in [6, 6.07) is 0. The molecule has 0 spiro atoms. The highest BCUT2D eigenvalue weighted by atomic mass is 32.2. The lowest BCUT2D eigenvalue weighted by atomic mass is 9.99. The standard InChI is InChI=1S/C11H22N2O3S/c1-3-4-7-12-11(14)10-6-5-8-13(9-10)17(2,15)16/h10H,3-9H2,1-2H3,(H,12,14)/t10-/m0/s1. The lowest BCUT2D eigenvalue weighted by molar-refractivity contribution is -0.126. The van der Waals surface area contributed by atoms with E-state index in [1.54, 1.807) is 0 Å². The summed E-state index contributed by atoms with van der Waals surface area (Å²) in [4.78, 5) is 11.8. The minimum Gasteiger partial charge on any atom is -0.356 e. The summed E-state index contributed by atoms with van der Waals surface area (Å²) in [5.41, 5.74) is 0. The molecule has 6 heteroatoms. The summed E-state index contributed by atoms with van der Waals surface area (Å²) >= 11 is 0. The first-order valence-corrected chi connectivity index (χ1v) is 8.02. The molecule has 100 valence electrons. The summed E-state index contributed by atoms with van der Waals surface area (Å²) in [6.07, 6.45) is 4.75. The van der Waals surface area contributed by atoms with Crippen molar-refractivity contribution in [1.29, 1.82) is 0 Å². The van der Waals surface area contributed by atoms with E-state index in [2.05, 4.69) is 12.2 Å². The lowest BCUT2D eigenvalue weighted by Crippen LogP contribution is -2.45. The predicted molar refractivity (Wildman–Crippen MR) is 67.1 cm³/mol. The third kappa shape index (κ3) is 4.63. The zero-order valence-electron chi connectivity index (χ0n) is 10.6. The summed E-state index contributed by atoms with van der Waals surface area (Å²) in [7, 11) is -3.16. The summed E-state index contributed by atoms with van der Waals surface area (Å²) in [5, 5.41) is 2.86. The van der Waals surface area contributed by atoms with Crippen molar-refractivity contribution in [2.45, 2.75) is 32.6 Å². The average molecular weight is 262 g/mol. The van der Waals surface area contributed by atoms with Crippen molar-refractivity contribution in [3.05, 3.63) is 0 Å². The normalized spacial score (nSPS) is 22.4. The van der Waals surface area contributed by atoms with E-state index in [-0.39, 0.29) is 11.8 Å². The Balaban J connectivity index is 2.46. The monoisotopic (exact) mass is 262 g/mol.